The van der Waals surface area contributed by atoms with Crippen LogP contribution in [0.25, 0.3) is 0 Å². The fourth-order valence-electron chi connectivity index (χ4n) is 1.53. The summed E-state index contributed by atoms with van der Waals surface area (Å²) in [6, 6.07) is 10.5. The Balaban J connectivity index is 1.91. The number of hydrogen-bond donors (Lipinski definition) is 0. The molecule has 0 fully saturated rings. The molecule has 2 aromatic rings. The number of carbonyl (C=O) groups excluding carboxylic acids is 1. The number of nitro benzene ring substituents is 1. The van der Waals surface area contributed by atoms with E-state index in [0.29, 0.717) is 10.2 Å². The predicted molar refractivity (Wildman–Crippen MR) is 86.1 cm³/mol. The molecular formula is C14H9Br2NO5. The number of halogens is 2. The summed E-state index contributed by atoms with van der Waals surface area (Å²) < 4.78 is 11.9. The van der Waals surface area contributed by atoms with Gasteiger partial charge in [-0.15, -0.1) is 0 Å². The topological polar surface area (TPSA) is 78.7 Å². The predicted octanol–water partition coefficient (Wildman–Crippen LogP) is 4.10. The highest BCUT2D eigenvalue weighted by Crippen LogP contribution is 2.28. The van der Waals surface area contributed by atoms with Gasteiger partial charge >= 0.3 is 5.97 Å². The summed E-state index contributed by atoms with van der Waals surface area (Å²) in [4.78, 5) is 21.7. The van der Waals surface area contributed by atoms with Gasteiger partial charge in [0.1, 0.15) is 11.5 Å². The number of nitro groups is 1. The van der Waals surface area contributed by atoms with Gasteiger partial charge in [-0.05, 0) is 46.3 Å². The fourth-order valence-corrected chi connectivity index (χ4v) is 2.69. The van der Waals surface area contributed by atoms with Crippen LogP contribution in [-0.4, -0.2) is 17.5 Å². The maximum absolute atomic E-state index is 11.7. The molecule has 0 heterocycles. The third-order valence-corrected chi connectivity index (χ3v) is 3.63. The summed E-state index contributed by atoms with van der Waals surface area (Å²) >= 11 is 6.63. The lowest BCUT2D eigenvalue weighted by Gasteiger charge is -2.08. The smallest absolute Gasteiger partial charge is 0.349 e. The lowest BCUT2D eigenvalue weighted by Crippen LogP contribution is -2.17. The minimum atomic E-state index is -0.608. The second-order valence-electron chi connectivity index (χ2n) is 4.09. The van der Waals surface area contributed by atoms with Crippen molar-refractivity contribution in [1.29, 1.82) is 0 Å². The molecule has 0 aromatic heterocycles. The Hall–Kier alpha value is -1.93. The molecule has 0 saturated heterocycles. The van der Waals surface area contributed by atoms with Gasteiger partial charge < -0.3 is 9.47 Å². The van der Waals surface area contributed by atoms with Crippen molar-refractivity contribution in [3.05, 3.63) is 61.5 Å². The van der Waals surface area contributed by atoms with Gasteiger partial charge in [0.15, 0.2) is 6.61 Å². The minimum Gasteiger partial charge on any atom is -0.481 e. The Labute approximate surface area is 142 Å². The molecule has 0 aliphatic rings. The van der Waals surface area contributed by atoms with Crippen molar-refractivity contribution in [2.75, 3.05) is 6.61 Å². The molecule has 0 unspecified atom stereocenters. The first-order chi connectivity index (χ1) is 10.5. The van der Waals surface area contributed by atoms with E-state index >= 15 is 0 Å². The van der Waals surface area contributed by atoms with E-state index in [1.165, 1.54) is 24.3 Å². The largest absolute Gasteiger partial charge is 0.481 e. The van der Waals surface area contributed by atoms with Crippen LogP contribution in [0.2, 0.25) is 0 Å². The molecule has 114 valence electrons. The molecule has 0 N–H and O–H groups in total. The second-order valence-corrected chi connectivity index (χ2v) is 5.86. The molecule has 2 aromatic carbocycles. The summed E-state index contributed by atoms with van der Waals surface area (Å²) in [7, 11) is 0. The first-order valence-electron chi connectivity index (χ1n) is 5.98. The number of carbonyl (C=O) groups is 1. The zero-order valence-corrected chi connectivity index (χ0v) is 14.2. The summed E-state index contributed by atoms with van der Waals surface area (Å²) in [6.45, 7) is -0.281. The van der Waals surface area contributed by atoms with Crippen LogP contribution in [0.3, 0.4) is 0 Å². The van der Waals surface area contributed by atoms with Crippen LogP contribution in [0, 0.1) is 10.1 Å². The van der Waals surface area contributed by atoms with Crippen molar-refractivity contribution < 1.29 is 19.2 Å². The zero-order valence-electron chi connectivity index (χ0n) is 11.0. The summed E-state index contributed by atoms with van der Waals surface area (Å²) in [5.41, 5.74) is -0.0742. The SMILES string of the molecule is O=C(COc1ccc(Br)cc1Br)Oc1ccc([N+](=O)[O-])cc1. The quantitative estimate of drug-likeness (QED) is 0.308. The molecule has 6 nitrogen and oxygen atoms in total. The third kappa shape index (κ3) is 4.54. The van der Waals surface area contributed by atoms with Gasteiger partial charge in [0, 0.05) is 16.6 Å². The average molecular weight is 431 g/mol. The Morgan fingerprint density at radius 3 is 2.41 bits per heavy atom. The summed E-state index contributed by atoms with van der Waals surface area (Å²) in [6.07, 6.45) is 0. The number of ether oxygens (including phenoxy) is 2. The molecule has 2 rings (SSSR count). The molecule has 0 aliphatic carbocycles. The standard InChI is InChI=1S/C14H9Br2NO5/c15-9-1-6-13(12(16)7-9)21-8-14(18)22-11-4-2-10(3-5-11)17(19)20/h1-7H,8H2. The van der Waals surface area contributed by atoms with Crippen LogP contribution in [-0.2, 0) is 4.79 Å². The van der Waals surface area contributed by atoms with Gasteiger partial charge in [0.2, 0.25) is 0 Å². The molecular weight excluding hydrogens is 422 g/mol. The van der Waals surface area contributed by atoms with E-state index in [4.69, 9.17) is 9.47 Å². The van der Waals surface area contributed by atoms with Crippen LogP contribution in [0.5, 0.6) is 11.5 Å². The van der Waals surface area contributed by atoms with E-state index in [2.05, 4.69) is 31.9 Å². The maximum atomic E-state index is 11.7. The molecule has 22 heavy (non-hydrogen) atoms. The Morgan fingerprint density at radius 2 is 1.82 bits per heavy atom. The zero-order chi connectivity index (χ0) is 16.1. The first-order valence-corrected chi connectivity index (χ1v) is 7.57. The summed E-state index contributed by atoms with van der Waals surface area (Å²) in [5, 5.41) is 10.5. The molecule has 0 aliphatic heterocycles. The highest BCUT2D eigenvalue weighted by molar-refractivity contribution is 9.11. The van der Waals surface area contributed by atoms with Crippen molar-refractivity contribution in [2.45, 2.75) is 0 Å². The Morgan fingerprint density at radius 1 is 1.14 bits per heavy atom. The van der Waals surface area contributed by atoms with Gasteiger partial charge in [-0.2, -0.15) is 0 Å². The number of esters is 1. The molecule has 0 amide bonds. The van der Waals surface area contributed by atoms with Crippen molar-refractivity contribution in [2.24, 2.45) is 0 Å². The van der Waals surface area contributed by atoms with Crippen molar-refractivity contribution in [3.8, 4) is 11.5 Å². The summed E-state index contributed by atoms with van der Waals surface area (Å²) in [5.74, 6) is 0.113. The minimum absolute atomic E-state index is 0.0742. The first kappa shape index (κ1) is 16.4. The maximum Gasteiger partial charge on any atom is 0.349 e. The van der Waals surface area contributed by atoms with Gasteiger partial charge in [-0.1, -0.05) is 15.9 Å². The lowest BCUT2D eigenvalue weighted by atomic mass is 10.3. The highest BCUT2D eigenvalue weighted by Gasteiger charge is 2.10. The van der Waals surface area contributed by atoms with E-state index in [0.717, 1.165) is 4.47 Å². The number of rotatable bonds is 5. The van der Waals surface area contributed by atoms with E-state index in [1.807, 2.05) is 0 Å². The van der Waals surface area contributed by atoms with Crippen molar-refractivity contribution in [1.82, 2.24) is 0 Å². The average Bonchev–Trinajstić information content (AvgIpc) is 2.47. The van der Waals surface area contributed by atoms with Gasteiger partial charge in [-0.3, -0.25) is 10.1 Å². The molecule has 0 radical (unpaired) electrons. The van der Waals surface area contributed by atoms with Crippen LogP contribution >= 0.6 is 31.9 Å². The van der Waals surface area contributed by atoms with Crippen LogP contribution in [0.1, 0.15) is 0 Å². The molecule has 0 saturated carbocycles. The highest BCUT2D eigenvalue weighted by atomic mass is 79.9. The third-order valence-electron chi connectivity index (χ3n) is 2.52. The number of benzene rings is 2. The van der Waals surface area contributed by atoms with Gasteiger partial charge in [-0.25, -0.2) is 4.79 Å². The molecule has 0 bridgehead atoms. The van der Waals surface area contributed by atoms with Crippen LogP contribution in [0.4, 0.5) is 5.69 Å². The van der Waals surface area contributed by atoms with Gasteiger partial charge in [0.25, 0.3) is 5.69 Å². The normalized spacial score (nSPS) is 10.1. The number of nitrogens with zero attached hydrogens (tertiary/aromatic N) is 1. The Kier molecular flexibility index (Phi) is 5.51. The van der Waals surface area contributed by atoms with Gasteiger partial charge in [0.05, 0.1) is 9.40 Å². The van der Waals surface area contributed by atoms with Crippen LogP contribution in [0.15, 0.2) is 51.4 Å². The monoisotopic (exact) mass is 429 g/mol. The number of hydrogen-bond acceptors (Lipinski definition) is 5. The fraction of sp³-hybridized carbons (Fsp3) is 0.0714. The van der Waals surface area contributed by atoms with E-state index < -0.39 is 10.9 Å². The molecule has 8 heteroatoms. The second kappa shape index (κ2) is 7.37. The lowest BCUT2D eigenvalue weighted by molar-refractivity contribution is -0.384. The van der Waals surface area contributed by atoms with Crippen molar-refractivity contribution >= 4 is 43.5 Å². The molecule has 0 atom stereocenters. The van der Waals surface area contributed by atoms with E-state index in [-0.39, 0.29) is 18.0 Å². The Bertz CT molecular complexity index is 703. The van der Waals surface area contributed by atoms with Crippen LogP contribution < -0.4 is 9.47 Å². The number of non-ortho nitro benzene ring substituents is 1. The van der Waals surface area contributed by atoms with Crippen molar-refractivity contribution in [3.63, 3.8) is 0 Å². The molecule has 0 spiro atoms. The van der Waals surface area contributed by atoms with E-state index in [9.17, 15) is 14.9 Å². The van der Waals surface area contributed by atoms with E-state index in [1.54, 1.807) is 18.2 Å².